The van der Waals surface area contributed by atoms with Crippen LogP contribution in [-0.4, -0.2) is 32.1 Å². The standard InChI is InChI=1S/C10H14N6OS3/c1-5(2)3-7-13-15-9(19-7)12-6(17)4-18-10-16-14-8(11)20-10/h5H,3-4H2,1-2H3,(H2,11,14)(H,12,15,17). The minimum atomic E-state index is -0.143. The van der Waals surface area contributed by atoms with Gasteiger partial charge < -0.3 is 5.73 Å². The summed E-state index contributed by atoms with van der Waals surface area (Å²) in [5.41, 5.74) is 5.47. The second-order valence-corrected chi connectivity index (χ2v) is 7.64. The van der Waals surface area contributed by atoms with E-state index >= 15 is 0 Å². The summed E-state index contributed by atoms with van der Waals surface area (Å²) in [6, 6.07) is 0. The Hall–Kier alpha value is -1.26. The van der Waals surface area contributed by atoms with Gasteiger partial charge in [-0.25, -0.2) is 0 Å². The third-order valence-corrected chi connectivity index (χ3v) is 4.79. The van der Waals surface area contributed by atoms with Crippen molar-refractivity contribution in [2.24, 2.45) is 5.92 Å². The number of hydrogen-bond acceptors (Lipinski definition) is 9. The Morgan fingerprint density at radius 1 is 1.30 bits per heavy atom. The van der Waals surface area contributed by atoms with Gasteiger partial charge in [-0.1, -0.05) is 48.3 Å². The summed E-state index contributed by atoms with van der Waals surface area (Å²) in [6.07, 6.45) is 0.867. The number of nitrogens with zero attached hydrogens (tertiary/aromatic N) is 4. The van der Waals surface area contributed by atoms with E-state index in [4.69, 9.17) is 5.73 Å². The fourth-order valence-corrected chi connectivity index (χ4v) is 3.70. The number of hydrogen-bond donors (Lipinski definition) is 2. The number of rotatable bonds is 6. The number of thioether (sulfide) groups is 1. The number of aromatic nitrogens is 4. The first-order valence-electron chi connectivity index (χ1n) is 5.87. The topological polar surface area (TPSA) is 107 Å². The molecule has 0 bridgehead atoms. The number of nitrogen functional groups attached to an aromatic ring is 1. The zero-order valence-corrected chi connectivity index (χ0v) is 13.4. The van der Waals surface area contributed by atoms with Gasteiger partial charge >= 0.3 is 0 Å². The molecule has 0 radical (unpaired) electrons. The maximum atomic E-state index is 11.8. The summed E-state index contributed by atoms with van der Waals surface area (Å²) < 4.78 is 0.676. The van der Waals surface area contributed by atoms with E-state index in [0.29, 0.717) is 20.5 Å². The Kier molecular flexibility index (Phi) is 5.26. The molecule has 0 aliphatic carbocycles. The largest absolute Gasteiger partial charge is 0.374 e. The molecule has 10 heteroatoms. The zero-order chi connectivity index (χ0) is 14.5. The highest BCUT2D eigenvalue weighted by molar-refractivity contribution is 8.01. The summed E-state index contributed by atoms with van der Waals surface area (Å²) in [4.78, 5) is 11.8. The molecule has 20 heavy (non-hydrogen) atoms. The lowest BCUT2D eigenvalue weighted by Crippen LogP contribution is -2.13. The molecule has 2 aromatic heterocycles. The van der Waals surface area contributed by atoms with Gasteiger partial charge in [0.15, 0.2) is 4.34 Å². The maximum absolute atomic E-state index is 11.8. The van der Waals surface area contributed by atoms with Crippen molar-refractivity contribution < 1.29 is 4.79 Å². The van der Waals surface area contributed by atoms with Gasteiger partial charge in [-0.2, -0.15) is 0 Å². The van der Waals surface area contributed by atoms with Gasteiger partial charge in [-0.3, -0.25) is 10.1 Å². The van der Waals surface area contributed by atoms with Crippen LogP contribution < -0.4 is 11.1 Å². The summed E-state index contributed by atoms with van der Waals surface area (Å²) in [5.74, 6) is 0.620. The molecule has 108 valence electrons. The van der Waals surface area contributed by atoms with Crippen molar-refractivity contribution in [3.63, 3.8) is 0 Å². The van der Waals surface area contributed by atoms with Crippen LogP contribution in [0.2, 0.25) is 0 Å². The first-order chi connectivity index (χ1) is 9.52. The molecule has 0 saturated carbocycles. The second-order valence-electron chi connectivity index (χ2n) is 4.34. The van der Waals surface area contributed by atoms with Crippen LogP contribution in [0.5, 0.6) is 0 Å². The van der Waals surface area contributed by atoms with Crippen LogP contribution in [0.15, 0.2) is 4.34 Å². The van der Waals surface area contributed by atoms with Gasteiger partial charge in [0.1, 0.15) is 5.01 Å². The quantitative estimate of drug-likeness (QED) is 0.779. The van der Waals surface area contributed by atoms with Crippen LogP contribution in [0.25, 0.3) is 0 Å². The number of amides is 1. The third kappa shape index (κ3) is 4.69. The molecule has 0 fully saturated rings. The summed E-state index contributed by atoms with van der Waals surface area (Å²) >= 11 is 3.96. The van der Waals surface area contributed by atoms with E-state index in [9.17, 15) is 4.79 Å². The number of anilines is 2. The molecule has 2 heterocycles. The maximum Gasteiger partial charge on any atom is 0.236 e. The van der Waals surface area contributed by atoms with E-state index in [1.807, 2.05) is 0 Å². The third-order valence-electron chi connectivity index (χ3n) is 2.04. The molecule has 0 unspecified atom stereocenters. The Morgan fingerprint density at radius 2 is 2.10 bits per heavy atom. The molecule has 3 N–H and O–H groups in total. The van der Waals surface area contributed by atoms with Gasteiger partial charge in [0.05, 0.1) is 5.75 Å². The van der Waals surface area contributed by atoms with Gasteiger partial charge in [-0.15, -0.1) is 20.4 Å². The molecule has 0 spiro atoms. The Morgan fingerprint density at radius 3 is 2.75 bits per heavy atom. The van der Waals surface area contributed by atoms with E-state index in [-0.39, 0.29) is 11.7 Å². The van der Waals surface area contributed by atoms with Crippen molar-refractivity contribution in [1.82, 2.24) is 20.4 Å². The van der Waals surface area contributed by atoms with Gasteiger partial charge in [-0.05, 0) is 5.92 Å². The molecule has 1 amide bonds. The second kappa shape index (κ2) is 6.95. The van der Waals surface area contributed by atoms with E-state index in [2.05, 4.69) is 39.6 Å². The molecule has 2 rings (SSSR count). The van der Waals surface area contributed by atoms with E-state index in [1.54, 1.807) is 0 Å². The van der Waals surface area contributed by atoms with Crippen LogP contribution in [0.4, 0.5) is 10.3 Å². The minimum Gasteiger partial charge on any atom is -0.374 e. The lowest BCUT2D eigenvalue weighted by molar-refractivity contribution is -0.113. The van der Waals surface area contributed by atoms with Crippen LogP contribution in [-0.2, 0) is 11.2 Å². The first kappa shape index (κ1) is 15.1. The highest BCUT2D eigenvalue weighted by atomic mass is 32.2. The predicted molar refractivity (Wildman–Crippen MR) is 82.1 cm³/mol. The van der Waals surface area contributed by atoms with Crippen LogP contribution in [0.1, 0.15) is 18.9 Å². The minimum absolute atomic E-state index is 0.143. The molecule has 0 saturated heterocycles. The highest BCUT2D eigenvalue weighted by Gasteiger charge is 2.11. The smallest absolute Gasteiger partial charge is 0.236 e. The van der Waals surface area contributed by atoms with Crippen molar-refractivity contribution in [2.45, 2.75) is 24.6 Å². The predicted octanol–water partition coefficient (Wildman–Crippen LogP) is 1.90. The lowest BCUT2D eigenvalue weighted by Gasteiger charge is -1.99. The fraction of sp³-hybridized carbons (Fsp3) is 0.500. The lowest BCUT2D eigenvalue weighted by atomic mass is 10.1. The van der Waals surface area contributed by atoms with Crippen molar-refractivity contribution >= 4 is 50.6 Å². The van der Waals surface area contributed by atoms with Crippen molar-refractivity contribution in [3.8, 4) is 0 Å². The number of carbonyl (C=O) groups excluding carboxylic acids is 1. The molecular weight excluding hydrogens is 316 g/mol. The monoisotopic (exact) mass is 330 g/mol. The molecule has 0 aliphatic heterocycles. The van der Waals surface area contributed by atoms with E-state index in [0.717, 1.165) is 11.4 Å². The first-order valence-corrected chi connectivity index (χ1v) is 8.49. The number of nitrogens with two attached hydrogens (primary N) is 1. The Labute approximate surface area is 128 Å². The summed E-state index contributed by atoms with van der Waals surface area (Å²) in [5, 5.41) is 20.1. The van der Waals surface area contributed by atoms with Crippen LogP contribution in [0.3, 0.4) is 0 Å². The normalized spacial score (nSPS) is 10.9. The van der Waals surface area contributed by atoms with E-state index < -0.39 is 0 Å². The summed E-state index contributed by atoms with van der Waals surface area (Å²) in [7, 11) is 0. The average Bonchev–Trinajstić information content (AvgIpc) is 2.95. The Bertz CT molecular complexity index is 581. The van der Waals surface area contributed by atoms with Crippen molar-refractivity contribution in [2.75, 3.05) is 16.8 Å². The van der Waals surface area contributed by atoms with Gasteiger partial charge in [0.25, 0.3) is 0 Å². The van der Waals surface area contributed by atoms with Crippen LogP contribution >= 0.6 is 34.4 Å². The van der Waals surface area contributed by atoms with Gasteiger partial charge in [0, 0.05) is 6.42 Å². The number of carbonyl (C=O) groups is 1. The average molecular weight is 330 g/mol. The summed E-state index contributed by atoms with van der Waals surface area (Å²) in [6.45, 7) is 4.23. The van der Waals surface area contributed by atoms with Crippen molar-refractivity contribution in [3.05, 3.63) is 5.01 Å². The molecule has 0 aliphatic rings. The van der Waals surface area contributed by atoms with Crippen LogP contribution in [0, 0.1) is 5.92 Å². The molecule has 0 aromatic carbocycles. The van der Waals surface area contributed by atoms with Crippen molar-refractivity contribution in [1.29, 1.82) is 0 Å². The van der Waals surface area contributed by atoms with Gasteiger partial charge in [0.2, 0.25) is 16.2 Å². The fourth-order valence-electron chi connectivity index (χ4n) is 1.30. The van der Waals surface area contributed by atoms with E-state index in [1.165, 1.54) is 34.4 Å². The SMILES string of the molecule is CC(C)Cc1nnc(NC(=O)CSc2nnc(N)s2)s1. The zero-order valence-electron chi connectivity index (χ0n) is 11.0. The molecular formula is C10H14N6OS3. The Balaban J connectivity index is 1.80. The molecule has 2 aromatic rings. The highest BCUT2D eigenvalue weighted by Crippen LogP contribution is 2.24. The number of nitrogens with one attached hydrogen (secondary N) is 1. The molecule has 7 nitrogen and oxygen atoms in total. The molecule has 0 atom stereocenters.